The van der Waals surface area contributed by atoms with Crippen molar-refractivity contribution in [3.63, 3.8) is 0 Å². The molecule has 0 unspecified atom stereocenters. The van der Waals surface area contributed by atoms with E-state index in [1.807, 2.05) is 12.1 Å². The van der Waals surface area contributed by atoms with E-state index in [1.165, 1.54) is 16.0 Å². The Morgan fingerprint density at radius 2 is 2.37 bits per heavy atom. The van der Waals surface area contributed by atoms with Gasteiger partial charge in [0, 0.05) is 18.5 Å². The Labute approximate surface area is 119 Å². The van der Waals surface area contributed by atoms with Crippen LogP contribution in [0.1, 0.15) is 10.6 Å². The number of aromatic nitrogens is 3. The number of hydrogen-bond acceptors (Lipinski definition) is 5. The third-order valence-corrected chi connectivity index (χ3v) is 3.76. The van der Waals surface area contributed by atoms with Crippen LogP contribution in [0.2, 0.25) is 4.34 Å². The van der Waals surface area contributed by atoms with Crippen molar-refractivity contribution in [2.24, 2.45) is 5.73 Å². The molecule has 102 valence electrons. The summed E-state index contributed by atoms with van der Waals surface area (Å²) in [6.07, 6.45) is 1.67. The highest BCUT2D eigenvalue weighted by atomic mass is 35.5. The zero-order valence-electron chi connectivity index (χ0n) is 10.4. The molecule has 0 spiro atoms. The lowest BCUT2D eigenvalue weighted by molar-refractivity contribution is -0.131. The Kier molecular flexibility index (Phi) is 4.52. The van der Waals surface area contributed by atoms with Crippen LogP contribution in [0, 0.1) is 0 Å². The van der Waals surface area contributed by atoms with E-state index in [2.05, 4.69) is 10.3 Å². The highest BCUT2D eigenvalue weighted by Crippen LogP contribution is 2.22. The van der Waals surface area contributed by atoms with Crippen LogP contribution >= 0.6 is 22.9 Å². The number of amides is 1. The second kappa shape index (κ2) is 6.14. The monoisotopic (exact) mass is 299 g/mol. The molecule has 0 aliphatic rings. The SMILES string of the molecule is CN(Cc1ccc(Cl)s1)C(=O)Cn1cc(CN)nn1. The summed E-state index contributed by atoms with van der Waals surface area (Å²) in [6.45, 7) is 1.01. The highest BCUT2D eigenvalue weighted by molar-refractivity contribution is 7.16. The van der Waals surface area contributed by atoms with Gasteiger partial charge in [-0.05, 0) is 12.1 Å². The van der Waals surface area contributed by atoms with Crippen molar-refractivity contribution in [2.75, 3.05) is 7.05 Å². The Morgan fingerprint density at radius 3 is 2.95 bits per heavy atom. The quantitative estimate of drug-likeness (QED) is 0.897. The summed E-state index contributed by atoms with van der Waals surface area (Å²) in [7, 11) is 1.75. The van der Waals surface area contributed by atoms with Gasteiger partial charge in [0.25, 0.3) is 0 Å². The van der Waals surface area contributed by atoms with Crippen molar-refractivity contribution in [1.29, 1.82) is 0 Å². The number of hydrogen-bond donors (Lipinski definition) is 1. The van der Waals surface area contributed by atoms with E-state index >= 15 is 0 Å². The topological polar surface area (TPSA) is 77.0 Å². The van der Waals surface area contributed by atoms with Crippen LogP contribution in [-0.4, -0.2) is 32.8 Å². The maximum Gasteiger partial charge on any atom is 0.244 e. The summed E-state index contributed by atoms with van der Waals surface area (Å²) in [6, 6.07) is 3.74. The molecule has 8 heteroatoms. The van der Waals surface area contributed by atoms with Crippen molar-refractivity contribution < 1.29 is 4.79 Å². The number of nitrogens with zero attached hydrogens (tertiary/aromatic N) is 4. The second-order valence-corrected chi connectivity index (χ2v) is 5.87. The third kappa shape index (κ3) is 3.76. The fourth-order valence-electron chi connectivity index (χ4n) is 1.53. The molecule has 0 aliphatic carbocycles. The molecule has 2 N–H and O–H groups in total. The maximum absolute atomic E-state index is 12.0. The Bertz CT molecular complexity index is 567. The number of thiophene rings is 1. The largest absolute Gasteiger partial charge is 0.339 e. The Balaban J connectivity index is 1.91. The number of nitrogens with two attached hydrogens (primary N) is 1. The lowest BCUT2D eigenvalue weighted by atomic mass is 10.4. The van der Waals surface area contributed by atoms with E-state index in [0.717, 1.165) is 9.21 Å². The van der Waals surface area contributed by atoms with Crippen LogP contribution in [-0.2, 0) is 24.4 Å². The summed E-state index contributed by atoms with van der Waals surface area (Å²) in [5, 5.41) is 7.68. The fraction of sp³-hybridized carbons (Fsp3) is 0.364. The van der Waals surface area contributed by atoms with Crippen LogP contribution in [0.3, 0.4) is 0 Å². The van der Waals surface area contributed by atoms with Gasteiger partial charge in [-0.25, -0.2) is 4.68 Å². The predicted octanol–water partition coefficient (Wildman–Crippen LogP) is 1.11. The molecule has 0 fully saturated rings. The number of likely N-dealkylation sites (N-methyl/N-ethyl adjacent to an activating group) is 1. The summed E-state index contributed by atoms with van der Waals surface area (Å²) in [5.41, 5.74) is 6.10. The molecule has 19 heavy (non-hydrogen) atoms. The Hall–Kier alpha value is -1.44. The van der Waals surface area contributed by atoms with Gasteiger partial charge >= 0.3 is 0 Å². The van der Waals surface area contributed by atoms with Gasteiger partial charge in [-0.3, -0.25) is 4.79 Å². The average molecular weight is 300 g/mol. The van der Waals surface area contributed by atoms with Crippen molar-refractivity contribution in [3.05, 3.63) is 33.2 Å². The summed E-state index contributed by atoms with van der Waals surface area (Å²) in [5.74, 6) is -0.0435. The van der Waals surface area contributed by atoms with Crippen LogP contribution in [0.25, 0.3) is 0 Å². The van der Waals surface area contributed by atoms with Gasteiger partial charge in [-0.1, -0.05) is 16.8 Å². The molecule has 6 nitrogen and oxygen atoms in total. The predicted molar refractivity (Wildman–Crippen MR) is 73.7 cm³/mol. The average Bonchev–Trinajstić information content (AvgIpc) is 2.98. The van der Waals surface area contributed by atoms with E-state index in [-0.39, 0.29) is 12.5 Å². The lowest BCUT2D eigenvalue weighted by Gasteiger charge is -2.15. The minimum Gasteiger partial charge on any atom is -0.339 e. The molecular formula is C11H14ClN5OS. The van der Waals surface area contributed by atoms with E-state index in [9.17, 15) is 4.79 Å². The molecule has 1 amide bonds. The van der Waals surface area contributed by atoms with E-state index in [4.69, 9.17) is 17.3 Å². The molecule has 0 bridgehead atoms. The minimum atomic E-state index is -0.0435. The zero-order chi connectivity index (χ0) is 13.8. The van der Waals surface area contributed by atoms with E-state index in [1.54, 1.807) is 18.1 Å². The second-order valence-electron chi connectivity index (χ2n) is 4.07. The molecule has 0 atom stereocenters. The van der Waals surface area contributed by atoms with Crippen LogP contribution in [0.4, 0.5) is 0 Å². The molecule has 2 rings (SSSR count). The van der Waals surface area contributed by atoms with E-state index < -0.39 is 0 Å². The minimum absolute atomic E-state index is 0.0435. The third-order valence-electron chi connectivity index (χ3n) is 2.54. The first-order chi connectivity index (χ1) is 9.08. The number of rotatable bonds is 5. The first-order valence-electron chi connectivity index (χ1n) is 5.65. The zero-order valence-corrected chi connectivity index (χ0v) is 12.0. The van der Waals surface area contributed by atoms with Crippen molar-refractivity contribution in [3.8, 4) is 0 Å². The Morgan fingerprint density at radius 1 is 1.58 bits per heavy atom. The summed E-state index contributed by atoms with van der Waals surface area (Å²) < 4.78 is 2.21. The molecule has 0 saturated carbocycles. The van der Waals surface area contributed by atoms with Gasteiger partial charge in [-0.15, -0.1) is 16.4 Å². The van der Waals surface area contributed by atoms with Gasteiger partial charge in [-0.2, -0.15) is 0 Å². The van der Waals surface area contributed by atoms with Gasteiger partial charge < -0.3 is 10.6 Å². The molecule has 0 aromatic carbocycles. The number of carbonyl (C=O) groups is 1. The molecule has 0 aliphatic heterocycles. The van der Waals surface area contributed by atoms with Crippen LogP contribution in [0.15, 0.2) is 18.3 Å². The molecule has 2 aromatic rings. The first kappa shape index (κ1) is 14.0. The number of halogens is 1. The van der Waals surface area contributed by atoms with Crippen LogP contribution in [0.5, 0.6) is 0 Å². The van der Waals surface area contributed by atoms with Crippen molar-refractivity contribution in [1.82, 2.24) is 19.9 Å². The molecular weight excluding hydrogens is 286 g/mol. The summed E-state index contributed by atoms with van der Waals surface area (Å²) in [4.78, 5) is 14.7. The van der Waals surface area contributed by atoms with Crippen molar-refractivity contribution >= 4 is 28.8 Å². The van der Waals surface area contributed by atoms with Crippen LogP contribution < -0.4 is 5.73 Å². The van der Waals surface area contributed by atoms with E-state index in [0.29, 0.717) is 18.8 Å². The smallest absolute Gasteiger partial charge is 0.244 e. The molecule has 2 heterocycles. The number of carbonyl (C=O) groups excluding carboxylic acids is 1. The summed E-state index contributed by atoms with van der Waals surface area (Å²) >= 11 is 7.32. The molecule has 2 aromatic heterocycles. The standard InChI is InChI=1S/C11H14ClN5OS/c1-16(6-9-2-3-10(12)19-9)11(18)7-17-5-8(4-13)14-15-17/h2-3,5H,4,6-7,13H2,1H3. The fourth-order valence-corrected chi connectivity index (χ4v) is 2.67. The first-order valence-corrected chi connectivity index (χ1v) is 6.85. The normalized spacial score (nSPS) is 10.7. The maximum atomic E-state index is 12.0. The molecule has 0 radical (unpaired) electrons. The molecule has 0 saturated heterocycles. The van der Waals surface area contributed by atoms with Crippen molar-refractivity contribution in [2.45, 2.75) is 19.6 Å². The van der Waals surface area contributed by atoms with Gasteiger partial charge in [0.1, 0.15) is 6.54 Å². The van der Waals surface area contributed by atoms with Gasteiger partial charge in [0.05, 0.1) is 22.8 Å². The van der Waals surface area contributed by atoms with Gasteiger partial charge in [0.2, 0.25) is 5.91 Å². The highest BCUT2D eigenvalue weighted by Gasteiger charge is 2.12. The van der Waals surface area contributed by atoms with Gasteiger partial charge in [0.15, 0.2) is 0 Å². The lowest BCUT2D eigenvalue weighted by Crippen LogP contribution is -2.29.